The summed E-state index contributed by atoms with van der Waals surface area (Å²) >= 11 is 1.51. The van der Waals surface area contributed by atoms with Gasteiger partial charge in [0.2, 0.25) is 0 Å². The zero-order chi connectivity index (χ0) is 22.0. The minimum Gasteiger partial charge on any atom is -0.385 e. The third-order valence-electron chi connectivity index (χ3n) is 6.15. The van der Waals surface area contributed by atoms with Crippen LogP contribution >= 0.6 is 11.3 Å². The minimum absolute atomic E-state index is 0.176. The minimum atomic E-state index is -0.185. The Hall–Kier alpha value is -2.64. The van der Waals surface area contributed by atoms with Crippen molar-refractivity contribution in [2.24, 2.45) is 0 Å². The first-order chi connectivity index (χ1) is 15.0. The van der Waals surface area contributed by atoms with Gasteiger partial charge in [-0.1, -0.05) is 18.2 Å². The van der Waals surface area contributed by atoms with Gasteiger partial charge in [0.15, 0.2) is 0 Å². The van der Waals surface area contributed by atoms with Gasteiger partial charge < -0.3 is 14.5 Å². The maximum absolute atomic E-state index is 13.3. The molecule has 0 N–H and O–H groups in total. The molecule has 1 saturated heterocycles. The Bertz CT molecular complexity index is 992. The van der Waals surface area contributed by atoms with Crippen LogP contribution in [0.5, 0.6) is 0 Å². The van der Waals surface area contributed by atoms with E-state index < -0.39 is 0 Å². The number of imide groups is 1. The van der Waals surface area contributed by atoms with Gasteiger partial charge in [-0.05, 0) is 48.9 Å². The standard InChI is InChI=1S/C24H29N3O3S/c1-17-7-4-8-19(18(17)2)25-11-13-26(14-12-25)22-21(20-9-5-16-31-20)23(28)27(24(22)29)10-6-15-30-3/h4-5,7-9,16H,6,10-15H2,1-3H3. The zero-order valence-corrected chi connectivity index (χ0v) is 19.2. The van der Waals surface area contributed by atoms with Gasteiger partial charge in [0, 0.05) is 57.0 Å². The summed E-state index contributed by atoms with van der Waals surface area (Å²) in [6.45, 7) is 8.25. The monoisotopic (exact) mass is 439 g/mol. The first-order valence-electron chi connectivity index (χ1n) is 10.7. The number of piperazine rings is 1. The average molecular weight is 440 g/mol. The van der Waals surface area contributed by atoms with Crippen molar-refractivity contribution in [2.75, 3.05) is 51.3 Å². The number of thiophene rings is 1. The van der Waals surface area contributed by atoms with E-state index in [0.29, 0.717) is 43.9 Å². The second-order valence-electron chi connectivity index (χ2n) is 8.00. The van der Waals surface area contributed by atoms with Crippen molar-refractivity contribution in [3.8, 4) is 0 Å². The summed E-state index contributed by atoms with van der Waals surface area (Å²) in [5, 5.41) is 1.95. The maximum Gasteiger partial charge on any atom is 0.277 e. The number of rotatable bonds is 7. The van der Waals surface area contributed by atoms with E-state index in [1.165, 1.54) is 33.1 Å². The van der Waals surface area contributed by atoms with E-state index in [9.17, 15) is 9.59 Å². The fraction of sp³-hybridized carbons (Fsp3) is 0.417. The quantitative estimate of drug-likeness (QED) is 0.489. The molecule has 164 valence electrons. The molecule has 2 aromatic rings. The maximum atomic E-state index is 13.3. The van der Waals surface area contributed by atoms with Crippen LogP contribution in [0.3, 0.4) is 0 Å². The highest BCUT2D eigenvalue weighted by Gasteiger charge is 2.42. The highest BCUT2D eigenvalue weighted by molar-refractivity contribution is 7.11. The van der Waals surface area contributed by atoms with Gasteiger partial charge in [-0.3, -0.25) is 14.5 Å². The molecule has 7 heteroatoms. The number of benzene rings is 1. The number of hydrogen-bond donors (Lipinski definition) is 0. The van der Waals surface area contributed by atoms with Crippen molar-refractivity contribution >= 4 is 34.4 Å². The van der Waals surface area contributed by atoms with Crippen LogP contribution in [0.2, 0.25) is 0 Å². The zero-order valence-electron chi connectivity index (χ0n) is 18.4. The molecule has 0 atom stereocenters. The Balaban J connectivity index is 1.57. The molecule has 0 radical (unpaired) electrons. The number of carbonyl (C=O) groups excluding carboxylic acids is 2. The van der Waals surface area contributed by atoms with E-state index in [4.69, 9.17) is 4.74 Å². The normalized spacial score (nSPS) is 17.3. The number of aryl methyl sites for hydroxylation is 1. The number of ether oxygens (including phenoxy) is 1. The van der Waals surface area contributed by atoms with Crippen LogP contribution in [0.4, 0.5) is 5.69 Å². The van der Waals surface area contributed by atoms with E-state index in [2.05, 4.69) is 41.8 Å². The van der Waals surface area contributed by atoms with E-state index >= 15 is 0 Å². The van der Waals surface area contributed by atoms with Gasteiger partial charge in [-0.15, -0.1) is 11.3 Å². The molecule has 3 heterocycles. The fourth-order valence-corrected chi connectivity index (χ4v) is 5.08. The lowest BCUT2D eigenvalue weighted by molar-refractivity contribution is -0.137. The molecule has 4 rings (SSSR count). The number of anilines is 1. The summed E-state index contributed by atoms with van der Waals surface area (Å²) in [5.74, 6) is -0.361. The number of nitrogens with zero attached hydrogens (tertiary/aromatic N) is 3. The number of hydrogen-bond acceptors (Lipinski definition) is 6. The van der Waals surface area contributed by atoms with Gasteiger partial charge in [0.05, 0.1) is 5.57 Å². The number of carbonyl (C=O) groups is 2. The van der Waals surface area contributed by atoms with Crippen LogP contribution in [0, 0.1) is 13.8 Å². The van der Waals surface area contributed by atoms with Gasteiger partial charge in [0.25, 0.3) is 11.8 Å². The van der Waals surface area contributed by atoms with Crippen molar-refractivity contribution in [2.45, 2.75) is 20.3 Å². The van der Waals surface area contributed by atoms with Crippen LogP contribution in [-0.2, 0) is 14.3 Å². The SMILES string of the molecule is COCCCN1C(=O)C(c2cccs2)=C(N2CCN(c3cccc(C)c3C)CC2)C1=O. The molecule has 0 saturated carbocycles. The topological polar surface area (TPSA) is 53.1 Å². The summed E-state index contributed by atoms with van der Waals surface area (Å²) < 4.78 is 5.11. The van der Waals surface area contributed by atoms with Gasteiger partial charge in [-0.25, -0.2) is 0 Å². The molecule has 0 spiro atoms. The predicted molar refractivity (Wildman–Crippen MR) is 124 cm³/mol. The Morgan fingerprint density at radius 2 is 1.71 bits per heavy atom. The molecule has 31 heavy (non-hydrogen) atoms. The van der Waals surface area contributed by atoms with Crippen molar-refractivity contribution in [1.82, 2.24) is 9.80 Å². The highest BCUT2D eigenvalue weighted by Crippen LogP contribution is 2.35. The molecule has 0 bridgehead atoms. The Kier molecular flexibility index (Phi) is 6.43. The second-order valence-corrected chi connectivity index (χ2v) is 8.95. The Labute approximate surface area is 187 Å². The predicted octanol–water partition coefficient (Wildman–Crippen LogP) is 3.30. The lowest BCUT2D eigenvalue weighted by Crippen LogP contribution is -2.48. The van der Waals surface area contributed by atoms with E-state index in [1.54, 1.807) is 7.11 Å². The van der Waals surface area contributed by atoms with Gasteiger partial charge >= 0.3 is 0 Å². The van der Waals surface area contributed by atoms with E-state index in [-0.39, 0.29) is 11.8 Å². The second kappa shape index (κ2) is 9.24. The van der Waals surface area contributed by atoms with E-state index in [0.717, 1.165) is 18.0 Å². The van der Waals surface area contributed by atoms with Gasteiger partial charge in [-0.2, -0.15) is 0 Å². The first-order valence-corrected chi connectivity index (χ1v) is 11.6. The van der Waals surface area contributed by atoms with E-state index in [1.807, 2.05) is 17.5 Å². The lowest BCUT2D eigenvalue weighted by atomic mass is 10.1. The molecule has 0 aliphatic carbocycles. The van der Waals surface area contributed by atoms with Gasteiger partial charge in [0.1, 0.15) is 5.70 Å². The summed E-state index contributed by atoms with van der Waals surface area (Å²) in [7, 11) is 1.63. The molecule has 1 aromatic carbocycles. The van der Waals surface area contributed by atoms with Crippen LogP contribution in [0.15, 0.2) is 41.4 Å². The fourth-order valence-electron chi connectivity index (χ4n) is 4.32. The van der Waals surface area contributed by atoms with Crippen LogP contribution in [0.1, 0.15) is 22.4 Å². The van der Waals surface area contributed by atoms with Crippen LogP contribution in [0.25, 0.3) is 5.57 Å². The summed E-state index contributed by atoms with van der Waals surface area (Å²) in [5.41, 5.74) is 4.95. The molecule has 2 aliphatic heterocycles. The molecule has 2 aliphatic rings. The summed E-state index contributed by atoms with van der Waals surface area (Å²) in [6, 6.07) is 10.2. The Morgan fingerprint density at radius 1 is 0.968 bits per heavy atom. The number of methoxy groups -OCH3 is 1. The summed E-state index contributed by atoms with van der Waals surface area (Å²) in [4.78, 5) is 33.3. The van der Waals surface area contributed by atoms with Crippen molar-refractivity contribution < 1.29 is 14.3 Å². The first kappa shape index (κ1) is 21.6. The Morgan fingerprint density at radius 3 is 2.39 bits per heavy atom. The van der Waals surface area contributed by atoms with Crippen molar-refractivity contribution in [1.29, 1.82) is 0 Å². The number of amides is 2. The van der Waals surface area contributed by atoms with Crippen LogP contribution in [-0.4, -0.2) is 68.1 Å². The molecular formula is C24H29N3O3S. The lowest BCUT2D eigenvalue weighted by Gasteiger charge is -2.38. The molecule has 0 unspecified atom stereocenters. The third kappa shape index (κ3) is 4.12. The average Bonchev–Trinajstić information content (AvgIpc) is 3.38. The largest absolute Gasteiger partial charge is 0.385 e. The molecule has 1 fully saturated rings. The third-order valence-corrected chi connectivity index (χ3v) is 7.04. The highest BCUT2D eigenvalue weighted by atomic mass is 32.1. The van der Waals surface area contributed by atoms with Crippen LogP contribution < -0.4 is 4.90 Å². The molecule has 6 nitrogen and oxygen atoms in total. The van der Waals surface area contributed by atoms with Crippen molar-refractivity contribution in [3.63, 3.8) is 0 Å². The summed E-state index contributed by atoms with van der Waals surface area (Å²) in [6.07, 6.45) is 0.638. The molecule has 1 aromatic heterocycles. The van der Waals surface area contributed by atoms with Crippen molar-refractivity contribution in [3.05, 3.63) is 57.4 Å². The molecule has 2 amide bonds. The molecular weight excluding hydrogens is 410 g/mol. The smallest absolute Gasteiger partial charge is 0.277 e.